The molecule has 1 amide bonds. The van der Waals surface area contributed by atoms with Gasteiger partial charge in [-0.15, -0.1) is 0 Å². The third-order valence-corrected chi connectivity index (χ3v) is 7.63. The molecule has 0 saturated carbocycles. The van der Waals surface area contributed by atoms with E-state index in [0.717, 1.165) is 38.9 Å². The largest absolute Gasteiger partial charge is 0.490 e. The Labute approximate surface area is 275 Å². The van der Waals surface area contributed by atoms with Crippen molar-refractivity contribution in [2.45, 2.75) is 12.1 Å². The second kappa shape index (κ2) is 14.1. The minimum absolute atomic E-state index is 0.115. The summed E-state index contributed by atoms with van der Waals surface area (Å²) in [5, 5.41) is 16.2. The molecule has 1 atom stereocenters. The van der Waals surface area contributed by atoms with Gasteiger partial charge < -0.3 is 25.9 Å². The second-order valence-corrected chi connectivity index (χ2v) is 10.8. The molecule has 0 bridgehead atoms. The Bertz CT molecular complexity index is 2090. The summed E-state index contributed by atoms with van der Waals surface area (Å²) in [6, 6.07) is 28.3. The van der Waals surface area contributed by atoms with Gasteiger partial charge in [0, 0.05) is 40.3 Å². The van der Waals surface area contributed by atoms with Gasteiger partial charge in [0.1, 0.15) is 23.3 Å². The topological polar surface area (TPSA) is 143 Å². The number of carboxylic acids is 1. The van der Waals surface area contributed by atoms with Crippen molar-refractivity contribution in [3.05, 3.63) is 113 Å². The average molecular weight is 682 g/mol. The Balaban J connectivity index is 0.000000559. The van der Waals surface area contributed by atoms with Crippen molar-refractivity contribution in [1.82, 2.24) is 9.97 Å². The van der Waals surface area contributed by atoms with Gasteiger partial charge in [0.2, 0.25) is 5.91 Å². The maximum absolute atomic E-state index is 13.1. The van der Waals surface area contributed by atoms with Crippen molar-refractivity contribution in [2.75, 3.05) is 17.2 Å². The number of fused-ring (bicyclic) bond motifs is 3. The lowest BCUT2D eigenvalue weighted by Crippen LogP contribution is -2.27. The van der Waals surface area contributed by atoms with Gasteiger partial charge in [-0.25, -0.2) is 14.8 Å². The fraction of sp³-hybridized carbons (Fsp3) is 0.0909. The summed E-state index contributed by atoms with van der Waals surface area (Å²) in [5.41, 5.74) is 11.2. The Hall–Kier alpha value is -5.17. The number of furan rings is 1. The van der Waals surface area contributed by atoms with E-state index in [4.69, 9.17) is 43.3 Å². The molecule has 2 aromatic heterocycles. The van der Waals surface area contributed by atoms with Crippen LogP contribution in [0.25, 0.3) is 33.2 Å². The van der Waals surface area contributed by atoms with E-state index in [0.29, 0.717) is 27.1 Å². The van der Waals surface area contributed by atoms with Crippen molar-refractivity contribution in [1.29, 1.82) is 0 Å². The highest BCUT2D eigenvalue weighted by Crippen LogP contribution is 2.35. The standard InChI is InChI=1S/C31H23Cl2N5O2.C2HF3O2/c32-25-12-11-18(13-26(25)33)24(16-34)31(39)38-20-6-3-5-19(14-20)37-29-15-27(35-17-36-29)23-9-4-8-22-21-7-1-2-10-28(21)40-30(22)23;3-2(4,5)1(6)7/h1-15,17,24H,16,34H2,(H,38,39)(H,35,36,37);(H,6,7). The molecule has 4 aromatic carbocycles. The molecule has 6 rings (SSSR count). The number of benzene rings is 4. The quantitative estimate of drug-likeness (QED) is 0.131. The summed E-state index contributed by atoms with van der Waals surface area (Å²) in [7, 11) is 0. The first-order valence-corrected chi connectivity index (χ1v) is 14.6. The van der Waals surface area contributed by atoms with Crippen LogP contribution < -0.4 is 16.4 Å². The van der Waals surface area contributed by atoms with Gasteiger partial charge in [0.05, 0.1) is 21.7 Å². The number of amides is 1. The van der Waals surface area contributed by atoms with Crippen LogP contribution in [0.3, 0.4) is 0 Å². The van der Waals surface area contributed by atoms with Crippen LogP contribution >= 0.6 is 23.2 Å². The maximum Gasteiger partial charge on any atom is 0.490 e. The van der Waals surface area contributed by atoms with E-state index < -0.39 is 18.1 Å². The number of nitrogens with two attached hydrogens (primary N) is 1. The van der Waals surface area contributed by atoms with E-state index in [1.807, 2.05) is 66.7 Å². The number of nitrogens with zero attached hydrogens (tertiary/aromatic N) is 2. The minimum atomic E-state index is -5.08. The van der Waals surface area contributed by atoms with Gasteiger partial charge in [-0.05, 0) is 48.0 Å². The van der Waals surface area contributed by atoms with Crippen LogP contribution in [0.5, 0.6) is 0 Å². The number of para-hydroxylation sites is 2. The van der Waals surface area contributed by atoms with Gasteiger partial charge in [-0.1, -0.05) is 65.7 Å². The number of aliphatic carboxylic acids is 1. The van der Waals surface area contributed by atoms with Crippen molar-refractivity contribution >= 4 is 74.2 Å². The van der Waals surface area contributed by atoms with E-state index >= 15 is 0 Å². The molecular weight excluding hydrogens is 658 g/mol. The number of nitrogens with one attached hydrogen (secondary N) is 2. The number of halogens is 5. The van der Waals surface area contributed by atoms with Gasteiger partial charge in [0.25, 0.3) is 0 Å². The molecule has 14 heteroatoms. The maximum atomic E-state index is 13.1. The molecule has 0 spiro atoms. The Morgan fingerprint density at radius 1 is 0.872 bits per heavy atom. The number of carboxylic acid groups (broad SMARTS) is 1. The molecule has 0 radical (unpaired) electrons. The summed E-state index contributed by atoms with van der Waals surface area (Å²) in [5.74, 6) is -3.00. The van der Waals surface area contributed by atoms with E-state index in [1.165, 1.54) is 6.33 Å². The highest BCUT2D eigenvalue weighted by Gasteiger charge is 2.38. The molecule has 240 valence electrons. The van der Waals surface area contributed by atoms with Gasteiger partial charge in [-0.2, -0.15) is 13.2 Å². The fourth-order valence-electron chi connectivity index (χ4n) is 4.70. The number of carbonyl (C=O) groups excluding carboxylic acids is 1. The molecule has 1 unspecified atom stereocenters. The minimum Gasteiger partial charge on any atom is -0.475 e. The Morgan fingerprint density at radius 2 is 1.57 bits per heavy atom. The lowest BCUT2D eigenvalue weighted by molar-refractivity contribution is -0.192. The van der Waals surface area contributed by atoms with E-state index in [1.54, 1.807) is 24.3 Å². The van der Waals surface area contributed by atoms with Crippen LogP contribution in [0.1, 0.15) is 11.5 Å². The first-order chi connectivity index (χ1) is 22.4. The normalized spacial score (nSPS) is 11.9. The number of carbonyl (C=O) groups is 2. The van der Waals surface area contributed by atoms with Gasteiger partial charge in [0.15, 0.2) is 0 Å². The number of aromatic nitrogens is 2. The Kier molecular flexibility index (Phi) is 9.95. The van der Waals surface area contributed by atoms with E-state index in [-0.39, 0.29) is 12.5 Å². The highest BCUT2D eigenvalue weighted by atomic mass is 35.5. The number of hydrogen-bond donors (Lipinski definition) is 4. The number of anilines is 3. The molecule has 2 heterocycles. The second-order valence-electron chi connectivity index (χ2n) is 10.0. The summed E-state index contributed by atoms with van der Waals surface area (Å²) < 4.78 is 37.9. The molecule has 0 saturated heterocycles. The van der Waals surface area contributed by atoms with Crippen molar-refractivity contribution in [2.24, 2.45) is 5.73 Å². The lowest BCUT2D eigenvalue weighted by atomic mass is 9.98. The van der Waals surface area contributed by atoms with Crippen LogP contribution in [-0.4, -0.2) is 39.7 Å². The molecule has 9 nitrogen and oxygen atoms in total. The zero-order valence-corrected chi connectivity index (χ0v) is 25.6. The monoisotopic (exact) mass is 681 g/mol. The smallest absolute Gasteiger partial charge is 0.475 e. The third-order valence-electron chi connectivity index (χ3n) is 6.89. The zero-order valence-electron chi connectivity index (χ0n) is 24.1. The summed E-state index contributed by atoms with van der Waals surface area (Å²) in [6.45, 7) is 0.115. The molecule has 5 N–H and O–H groups in total. The van der Waals surface area contributed by atoms with Crippen LogP contribution in [0.4, 0.5) is 30.4 Å². The Morgan fingerprint density at radius 3 is 2.30 bits per heavy atom. The van der Waals surface area contributed by atoms with E-state index in [9.17, 15) is 18.0 Å². The summed E-state index contributed by atoms with van der Waals surface area (Å²) >= 11 is 12.2. The number of rotatable bonds is 7. The van der Waals surface area contributed by atoms with Crippen molar-refractivity contribution in [3.8, 4) is 11.3 Å². The molecule has 0 fully saturated rings. The van der Waals surface area contributed by atoms with Crippen LogP contribution in [0.2, 0.25) is 10.0 Å². The fourth-order valence-corrected chi connectivity index (χ4v) is 5.00. The molecule has 6 aromatic rings. The van der Waals surface area contributed by atoms with Gasteiger partial charge in [-0.3, -0.25) is 4.79 Å². The molecular formula is C33H24Cl2F3N5O4. The molecule has 0 aliphatic rings. The molecule has 0 aliphatic heterocycles. The predicted octanol–water partition coefficient (Wildman–Crippen LogP) is 8.41. The molecule has 47 heavy (non-hydrogen) atoms. The van der Waals surface area contributed by atoms with Crippen molar-refractivity contribution in [3.63, 3.8) is 0 Å². The third kappa shape index (κ3) is 7.80. The molecule has 0 aliphatic carbocycles. The van der Waals surface area contributed by atoms with Crippen LogP contribution in [0, 0.1) is 0 Å². The van der Waals surface area contributed by atoms with Gasteiger partial charge >= 0.3 is 12.1 Å². The van der Waals surface area contributed by atoms with E-state index in [2.05, 4.69) is 20.6 Å². The zero-order chi connectivity index (χ0) is 33.7. The van der Waals surface area contributed by atoms with Crippen LogP contribution in [-0.2, 0) is 9.59 Å². The predicted molar refractivity (Wildman–Crippen MR) is 175 cm³/mol. The number of alkyl halides is 3. The summed E-state index contributed by atoms with van der Waals surface area (Å²) in [6.07, 6.45) is -3.58. The first-order valence-electron chi connectivity index (χ1n) is 13.8. The first kappa shape index (κ1) is 33.2. The highest BCUT2D eigenvalue weighted by molar-refractivity contribution is 6.42. The average Bonchev–Trinajstić information content (AvgIpc) is 3.42. The van der Waals surface area contributed by atoms with Crippen molar-refractivity contribution < 1.29 is 32.3 Å². The van der Waals surface area contributed by atoms with Crippen LogP contribution in [0.15, 0.2) is 102 Å². The lowest BCUT2D eigenvalue weighted by Gasteiger charge is -2.16. The summed E-state index contributed by atoms with van der Waals surface area (Å²) in [4.78, 5) is 30.9. The SMILES string of the molecule is NCC(C(=O)Nc1cccc(Nc2cc(-c3cccc4c3oc3ccccc34)ncn2)c1)c1ccc(Cl)c(Cl)c1.O=C(O)C(F)(F)F. The number of hydrogen-bond acceptors (Lipinski definition) is 7.